The van der Waals surface area contributed by atoms with Crippen molar-refractivity contribution in [3.8, 4) is 33.6 Å². The van der Waals surface area contributed by atoms with Crippen LogP contribution in [0, 0.1) is 0 Å². The van der Waals surface area contributed by atoms with Gasteiger partial charge in [-0.1, -0.05) is 103 Å². The summed E-state index contributed by atoms with van der Waals surface area (Å²) in [6.45, 7) is 2.05. The quantitative estimate of drug-likeness (QED) is 0.0992. The zero-order valence-corrected chi connectivity index (χ0v) is 32.8. The third kappa shape index (κ3) is 8.28. The van der Waals surface area contributed by atoms with Gasteiger partial charge in [0.2, 0.25) is 5.91 Å². The lowest BCUT2D eigenvalue weighted by Crippen LogP contribution is -2.42. The molecular formula is C46H48N8O4. The molecular weight excluding hydrogens is 729 g/mol. The van der Waals surface area contributed by atoms with Gasteiger partial charge in [0.15, 0.2) is 0 Å². The molecule has 4 heterocycles. The molecule has 8 rings (SSSR count). The minimum atomic E-state index is -1.25. The third-order valence-corrected chi connectivity index (χ3v) is 11.3. The predicted octanol–water partition coefficient (Wildman–Crippen LogP) is 7.77. The number of hydrogen-bond donors (Lipinski definition) is 4. The number of imidazole rings is 2. The number of H-pyrrole nitrogens is 2. The number of carboxylic acid groups (broad SMARTS) is 1. The van der Waals surface area contributed by atoms with Gasteiger partial charge in [0.1, 0.15) is 17.7 Å². The normalized spacial score (nSPS) is 17.2. The second kappa shape index (κ2) is 16.9. The van der Waals surface area contributed by atoms with Crippen LogP contribution in [-0.2, 0) is 22.6 Å². The number of benzene rings is 4. The Morgan fingerprint density at radius 1 is 0.707 bits per heavy atom. The van der Waals surface area contributed by atoms with E-state index in [9.17, 15) is 19.5 Å². The van der Waals surface area contributed by atoms with Gasteiger partial charge in [-0.15, -0.1) is 0 Å². The molecule has 58 heavy (non-hydrogen) atoms. The van der Waals surface area contributed by atoms with Crippen molar-refractivity contribution < 1.29 is 19.5 Å². The maximum atomic E-state index is 13.7. The highest BCUT2D eigenvalue weighted by Gasteiger charge is 2.37. The van der Waals surface area contributed by atoms with E-state index in [0.29, 0.717) is 24.4 Å². The van der Waals surface area contributed by atoms with Crippen molar-refractivity contribution in [1.82, 2.24) is 40.0 Å². The zero-order valence-electron chi connectivity index (χ0n) is 32.8. The lowest BCUT2D eigenvalue weighted by Gasteiger charge is -2.28. The van der Waals surface area contributed by atoms with Crippen LogP contribution in [0.2, 0.25) is 0 Å². The second-order valence-corrected chi connectivity index (χ2v) is 15.4. The van der Waals surface area contributed by atoms with E-state index in [4.69, 9.17) is 4.98 Å². The van der Waals surface area contributed by atoms with Crippen molar-refractivity contribution in [2.24, 2.45) is 0 Å². The number of aromatic nitrogens is 4. The van der Waals surface area contributed by atoms with E-state index >= 15 is 0 Å². The average molecular weight is 777 g/mol. The predicted molar refractivity (Wildman–Crippen MR) is 222 cm³/mol. The van der Waals surface area contributed by atoms with Gasteiger partial charge in [-0.3, -0.25) is 9.59 Å². The van der Waals surface area contributed by atoms with Crippen molar-refractivity contribution in [2.45, 2.75) is 56.8 Å². The molecule has 0 aliphatic carbocycles. The molecule has 0 saturated carbocycles. The van der Waals surface area contributed by atoms with E-state index in [-0.39, 0.29) is 23.9 Å². The molecule has 2 aliphatic rings. The minimum absolute atomic E-state index is 0.0706. The number of hydrogen-bond acceptors (Lipinski definition) is 6. The van der Waals surface area contributed by atoms with Crippen LogP contribution in [0.1, 0.15) is 72.1 Å². The first-order valence-electron chi connectivity index (χ1n) is 19.9. The summed E-state index contributed by atoms with van der Waals surface area (Å²) in [7, 11) is 4.08. The highest BCUT2D eigenvalue weighted by Crippen LogP contribution is 2.36. The summed E-state index contributed by atoms with van der Waals surface area (Å²) in [6.07, 6.45) is 6.14. The summed E-state index contributed by atoms with van der Waals surface area (Å²) in [4.78, 5) is 61.2. The zero-order chi connectivity index (χ0) is 40.2. The summed E-state index contributed by atoms with van der Waals surface area (Å²) in [5, 5.41) is 11.9. The Bertz CT molecular complexity index is 2370. The van der Waals surface area contributed by atoms with Gasteiger partial charge in [0.25, 0.3) is 5.91 Å². The van der Waals surface area contributed by atoms with Gasteiger partial charge in [-0.25, -0.2) is 14.8 Å². The maximum Gasteiger partial charge on any atom is 0.405 e. The molecule has 0 unspecified atom stereocenters. The van der Waals surface area contributed by atoms with E-state index in [1.165, 1.54) is 5.56 Å². The Hall–Kier alpha value is -6.53. The topological polar surface area (TPSA) is 151 Å². The molecule has 4 aromatic carbocycles. The Balaban J connectivity index is 0.912. The molecule has 3 atom stereocenters. The smallest absolute Gasteiger partial charge is 0.405 e. The highest BCUT2D eigenvalue weighted by atomic mass is 16.4. The number of carbonyl (C=O) groups is 3. The van der Waals surface area contributed by atoms with Gasteiger partial charge < -0.3 is 35.1 Å². The monoisotopic (exact) mass is 776 g/mol. The van der Waals surface area contributed by atoms with E-state index in [0.717, 1.165) is 83.8 Å². The number of amides is 3. The molecule has 4 N–H and O–H groups in total. The minimum Gasteiger partial charge on any atom is -0.465 e. The third-order valence-electron chi connectivity index (χ3n) is 11.3. The summed E-state index contributed by atoms with van der Waals surface area (Å²) >= 11 is 0. The first-order chi connectivity index (χ1) is 28.2. The van der Waals surface area contributed by atoms with Crippen LogP contribution >= 0.6 is 0 Å². The summed E-state index contributed by atoms with van der Waals surface area (Å²) in [5.41, 5.74) is 8.73. The number of nitrogens with one attached hydrogen (secondary N) is 3. The van der Waals surface area contributed by atoms with Gasteiger partial charge in [0, 0.05) is 19.6 Å². The molecule has 296 valence electrons. The van der Waals surface area contributed by atoms with Crippen LogP contribution in [0.25, 0.3) is 33.6 Å². The average Bonchev–Trinajstić information content (AvgIpc) is 4.08. The Labute approximate surface area is 338 Å². The van der Waals surface area contributed by atoms with Crippen LogP contribution in [0.3, 0.4) is 0 Å². The largest absolute Gasteiger partial charge is 0.465 e. The molecule has 0 bridgehead atoms. The van der Waals surface area contributed by atoms with E-state index < -0.39 is 12.1 Å². The van der Waals surface area contributed by atoms with Crippen molar-refractivity contribution >= 4 is 17.9 Å². The number of aromatic amines is 2. The molecule has 12 nitrogen and oxygen atoms in total. The van der Waals surface area contributed by atoms with Crippen molar-refractivity contribution in [2.75, 3.05) is 27.2 Å². The van der Waals surface area contributed by atoms with Gasteiger partial charge in [-0.05, 0) is 78.7 Å². The van der Waals surface area contributed by atoms with Crippen LogP contribution in [0.4, 0.5) is 4.79 Å². The molecule has 6 aromatic rings. The van der Waals surface area contributed by atoms with E-state index in [1.807, 2.05) is 43.4 Å². The second-order valence-electron chi connectivity index (χ2n) is 15.4. The molecule has 2 fully saturated rings. The Morgan fingerprint density at radius 2 is 1.21 bits per heavy atom. The van der Waals surface area contributed by atoms with Crippen molar-refractivity contribution in [1.29, 1.82) is 0 Å². The van der Waals surface area contributed by atoms with Gasteiger partial charge in [-0.2, -0.15) is 0 Å². The fraction of sp³-hybridized carbons (Fsp3) is 0.283. The van der Waals surface area contributed by atoms with Crippen LogP contribution in [0.15, 0.2) is 116 Å². The van der Waals surface area contributed by atoms with Gasteiger partial charge in [0.05, 0.1) is 42.3 Å². The van der Waals surface area contributed by atoms with Gasteiger partial charge >= 0.3 is 6.09 Å². The molecule has 0 radical (unpaired) electrons. The van der Waals surface area contributed by atoms with E-state index in [1.54, 1.807) is 35.4 Å². The van der Waals surface area contributed by atoms with Crippen molar-refractivity contribution in [3.05, 3.63) is 144 Å². The first kappa shape index (κ1) is 38.3. The number of likely N-dealkylation sites (tertiary alicyclic amines) is 2. The first-order valence-corrected chi connectivity index (χ1v) is 19.9. The Morgan fingerprint density at radius 3 is 1.76 bits per heavy atom. The van der Waals surface area contributed by atoms with E-state index in [2.05, 4.69) is 85.8 Å². The van der Waals surface area contributed by atoms with Crippen molar-refractivity contribution in [3.63, 3.8) is 0 Å². The summed E-state index contributed by atoms with van der Waals surface area (Å²) < 4.78 is 0. The molecule has 12 heteroatoms. The SMILES string of the molecule is CN(C)Cc1ccccc1CC(=O)N1CCC[C@H]1c1ncc(-c2ccc(-c3ccc(-c4cnc([C@@H]5CCCN5C(=O)[C@H](NC(=O)O)c5ccccc5)[nH]4)cc3)cc2)[nH]1. The fourth-order valence-electron chi connectivity index (χ4n) is 8.37. The lowest BCUT2D eigenvalue weighted by atomic mass is 10.0. The lowest BCUT2D eigenvalue weighted by molar-refractivity contribution is -0.134. The fourth-order valence-corrected chi connectivity index (χ4v) is 8.37. The highest BCUT2D eigenvalue weighted by molar-refractivity contribution is 5.87. The van der Waals surface area contributed by atoms with Crippen LogP contribution in [-0.4, -0.2) is 84.8 Å². The number of rotatable bonds is 12. The number of nitrogens with zero attached hydrogens (tertiary/aromatic N) is 5. The van der Waals surface area contributed by atoms with Crippen LogP contribution in [0.5, 0.6) is 0 Å². The summed E-state index contributed by atoms with van der Waals surface area (Å²) in [6, 6.07) is 32.4. The van der Waals surface area contributed by atoms with Crippen LogP contribution < -0.4 is 5.32 Å². The maximum absolute atomic E-state index is 13.7. The molecule has 2 saturated heterocycles. The molecule has 0 spiro atoms. The molecule has 3 amide bonds. The number of carbonyl (C=O) groups excluding carboxylic acids is 2. The Kier molecular flexibility index (Phi) is 11.2. The molecule has 2 aliphatic heterocycles. The summed E-state index contributed by atoms with van der Waals surface area (Å²) in [5.74, 6) is 1.34. The standard InChI is InChI=1S/C46H48N8O4/c1-52(2)29-36-13-7-6-12-35(36)26-41(55)53-24-8-14-39(53)43-47-27-37(49-43)32-20-16-30(17-21-32)31-18-22-33(23-19-31)38-28-48-44(50-38)40-15-9-25-54(40)45(56)42(51-46(57)58)34-10-4-3-5-11-34/h3-7,10-13,16-23,27-28,39-40,42,51H,8-9,14-15,24-26,29H2,1-2H3,(H,47,49)(H,48,50)(H,57,58)/t39-,40-,42+/m0/s1. The molecule has 2 aromatic heterocycles.